The summed E-state index contributed by atoms with van der Waals surface area (Å²) in [5.41, 5.74) is 2.11. The molecule has 0 aliphatic rings. The number of aromatic carboxylic acids is 1. The molecular formula is C19H19NO4S2. The van der Waals surface area contributed by atoms with Gasteiger partial charge in [0.2, 0.25) is 0 Å². The number of carboxylic acid groups (broad SMARTS) is 1. The van der Waals surface area contributed by atoms with E-state index >= 15 is 0 Å². The zero-order valence-electron chi connectivity index (χ0n) is 14.6. The van der Waals surface area contributed by atoms with Gasteiger partial charge in [-0.3, -0.25) is 4.72 Å². The Hall–Kier alpha value is -2.38. The fourth-order valence-corrected chi connectivity index (χ4v) is 5.55. The number of benzene rings is 2. The monoisotopic (exact) mass is 389 g/mol. The molecule has 0 spiro atoms. The van der Waals surface area contributed by atoms with E-state index in [2.05, 4.69) is 18.6 Å². The van der Waals surface area contributed by atoms with Gasteiger partial charge in [-0.15, -0.1) is 11.3 Å². The summed E-state index contributed by atoms with van der Waals surface area (Å²) in [6, 6.07) is 11.8. The number of nitrogens with one attached hydrogen (secondary N) is 1. The van der Waals surface area contributed by atoms with Crippen LogP contribution in [0.25, 0.3) is 10.1 Å². The van der Waals surface area contributed by atoms with E-state index in [-0.39, 0.29) is 15.5 Å². The fourth-order valence-electron chi connectivity index (χ4n) is 2.75. The van der Waals surface area contributed by atoms with E-state index < -0.39 is 16.0 Å². The number of anilines is 1. The van der Waals surface area contributed by atoms with Crippen molar-refractivity contribution in [2.24, 2.45) is 0 Å². The van der Waals surface area contributed by atoms with Crippen LogP contribution in [0, 0.1) is 6.92 Å². The molecule has 0 radical (unpaired) electrons. The van der Waals surface area contributed by atoms with Crippen LogP contribution in [0.2, 0.25) is 0 Å². The van der Waals surface area contributed by atoms with Crippen LogP contribution >= 0.6 is 11.3 Å². The first-order valence-electron chi connectivity index (χ1n) is 8.08. The molecular weight excluding hydrogens is 370 g/mol. The number of carbonyl (C=O) groups is 1. The summed E-state index contributed by atoms with van der Waals surface area (Å²) >= 11 is 1.21. The Morgan fingerprint density at radius 2 is 1.88 bits per heavy atom. The lowest BCUT2D eigenvalue weighted by Crippen LogP contribution is -2.13. The minimum absolute atomic E-state index is 0.0276. The zero-order chi connectivity index (χ0) is 19.1. The second-order valence-corrected chi connectivity index (χ2v) is 9.35. The molecule has 1 heterocycles. The Labute approximate surface area is 156 Å². The molecule has 0 unspecified atom stereocenters. The van der Waals surface area contributed by atoms with Gasteiger partial charge in [0.15, 0.2) is 0 Å². The van der Waals surface area contributed by atoms with Crippen molar-refractivity contribution >= 4 is 43.1 Å². The van der Waals surface area contributed by atoms with Crippen molar-refractivity contribution in [2.75, 3.05) is 4.72 Å². The first-order chi connectivity index (χ1) is 12.2. The molecule has 0 amide bonds. The van der Waals surface area contributed by atoms with Crippen molar-refractivity contribution < 1.29 is 18.3 Å². The first kappa shape index (κ1) is 18.4. The lowest BCUT2D eigenvalue weighted by atomic mass is 10.0. The summed E-state index contributed by atoms with van der Waals surface area (Å²) in [5, 5.41) is 9.99. The van der Waals surface area contributed by atoms with E-state index in [1.165, 1.54) is 35.6 Å². The summed E-state index contributed by atoms with van der Waals surface area (Å²) in [7, 11) is -3.81. The van der Waals surface area contributed by atoms with Crippen molar-refractivity contribution in [3.63, 3.8) is 0 Å². The number of hydrogen-bond donors (Lipinski definition) is 2. The van der Waals surface area contributed by atoms with Crippen LogP contribution in [0.15, 0.2) is 46.7 Å². The molecule has 0 bridgehead atoms. The lowest BCUT2D eigenvalue weighted by molar-refractivity contribution is 0.0697. The van der Waals surface area contributed by atoms with Gasteiger partial charge in [0.25, 0.3) is 10.0 Å². The summed E-state index contributed by atoms with van der Waals surface area (Å²) in [5.74, 6) is -0.749. The molecule has 0 aliphatic heterocycles. The second kappa shape index (κ2) is 6.74. The molecule has 0 saturated heterocycles. The number of thiophene rings is 1. The summed E-state index contributed by atoms with van der Waals surface area (Å²) in [4.78, 5) is 11.1. The molecule has 2 N–H and O–H groups in total. The summed E-state index contributed by atoms with van der Waals surface area (Å²) in [6.07, 6.45) is 0. The molecule has 3 aromatic rings. The van der Waals surface area contributed by atoms with E-state index in [4.69, 9.17) is 5.11 Å². The first-order valence-corrected chi connectivity index (χ1v) is 10.4. The number of aryl methyl sites for hydroxylation is 1. The normalized spacial score (nSPS) is 11.8. The van der Waals surface area contributed by atoms with E-state index in [9.17, 15) is 13.2 Å². The van der Waals surface area contributed by atoms with Crippen LogP contribution in [0.5, 0.6) is 0 Å². The van der Waals surface area contributed by atoms with Crippen LogP contribution in [0.1, 0.15) is 41.3 Å². The molecule has 26 heavy (non-hydrogen) atoms. The van der Waals surface area contributed by atoms with Gasteiger partial charge in [-0.25, -0.2) is 13.2 Å². The number of rotatable bonds is 5. The molecule has 0 saturated carbocycles. The summed E-state index contributed by atoms with van der Waals surface area (Å²) in [6.45, 7) is 5.99. The Kier molecular flexibility index (Phi) is 4.77. The third-order valence-electron chi connectivity index (χ3n) is 4.19. The highest BCUT2D eigenvalue weighted by Crippen LogP contribution is 2.36. The largest absolute Gasteiger partial charge is 0.478 e. The van der Waals surface area contributed by atoms with Gasteiger partial charge < -0.3 is 5.11 Å². The van der Waals surface area contributed by atoms with Crippen molar-refractivity contribution in [1.29, 1.82) is 0 Å². The predicted molar refractivity (Wildman–Crippen MR) is 105 cm³/mol. The predicted octanol–water partition coefficient (Wildman–Crippen LogP) is 4.83. The maximum Gasteiger partial charge on any atom is 0.335 e. The van der Waals surface area contributed by atoms with E-state index in [1.807, 2.05) is 18.2 Å². The molecule has 136 valence electrons. The Morgan fingerprint density at radius 1 is 1.15 bits per heavy atom. The molecule has 0 fully saturated rings. The van der Waals surface area contributed by atoms with Crippen molar-refractivity contribution in [3.05, 3.63) is 59.2 Å². The number of carboxylic acids is 1. The highest BCUT2D eigenvalue weighted by Gasteiger charge is 2.22. The number of sulfonamides is 1. The van der Waals surface area contributed by atoms with E-state index in [0.29, 0.717) is 11.5 Å². The van der Waals surface area contributed by atoms with Gasteiger partial charge in [0.05, 0.1) is 5.56 Å². The highest BCUT2D eigenvalue weighted by molar-refractivity contribution is 7.94. The smallest absolute Gasteiger partial charge is 0.335 e. The Balaban J connectivity index is 2.03. The zero-order valence-corrected chi connectivity index (χ0v) is 16.2. The average molecular weight is 389 g/mol. The maximum atomic E-state index is 12.8. The third kappa shape index (κ3) is 3.45. The topological polar surface area (TPSA) is 83.5 Å². The molecule has 2 aromatic carbocycles. The molecule has 1 aromatic heterocycles. The molecule has 5 nitrogen and oxygen atoms in total. The van der Waals surface area contributed by atoms with E-state index in [0.717, 1.165) is 15.6 Å². The van der Waals surface area contributed by atoms with Crippen molar-refractivity contribution in [2.45, 2.75) is 30.9 Å². The van der Waals surface area contributed by atoms with Crippen LogP contribution in [-0.2, 0) is 10.0 Å². The Morgan fingerprint density at radius 3 is 2.54 bits per heavy atom. The van der Waals surface area contributed by atoms with Gasteiger partial charge in [-0.1, -0.05) is 26.0 Å². The molecule has 7 heteroatoms. The average Bonchev–Trinajstić information content (AvgIpc) is 2.92. The lowest BCUT2D eigenvalue weighted by Gasteiger charge is -2.08. The van der Waals surface area contributed by atoms with Gasteiger partial charge in [0, 0.05) is 10.4 Å². The van der Waals surface area contributed by atoms with Crippen molar-refractivity contribution in [3.8, 4) is 0 Å². The van der Waals surface area contributed by atoms with Gasteiger partial charge in [0.1, 0.15) is 4.21 Å². The second-order valence-electron chi connectivity index (χ2n) is 6.42. The highest BCUT2D eigenvalue weighted by atomic mass is 32.2. The number of hydrogen-bond acceptors (Lipinski definition) is 4. The molecule has 3 rings (SSSR count). The maximum absolute atomic E-state index is 12.8. The van der Waals surface area contributed by atoms with Crippen LogP contribution in [-0.4, -0.2) is 19.5 Å². The van der Waals surface area contributed by atoms with Crippen LogP contribution in [0.4, 0.5) is 5.69 Å². The SMILES string of the molecule is Cc1c(S(=O)(=O)Nc2cccc(C(=O)O)c2)sc2ccc(C(C)C)cc12. The van der Waals surface area contributed by atoms with E-state index in [1.54, 1.807) is 6.92 Å². The quantitative estimate of drug-likeness (QED) is 0.654. The standard InChI is InChI=1S/C19H19NO4S2/c1-11(2)13-7-8-17-16(10-13)12(3)19(25-17)26(23,24)20-15-6-4-5-14(9-15)18(21)22/h4-11,20H,1-3H3,(H,21,22). The van der Waals surface area contributed by atoms with Crippen LogP contribution < -0.4 is 4.72 Å². The van der Waals surface area contributed by atoms with Gasteiger partial charge in [-0.05, 0) is 59.7 Å². The Bertz CT molecular complexity index is 1100. The number of fused-ring (bicyclic) bond motifs is 1. The van der Waals surface area contributed by atoms with Gasteiger partial charge >= 0.3 is 5.97 Å². The fraction of sp³-hybridized carbons (Fsp3) is 0.211. The van der Waals surface area contributed by atoms with Crippen LogP contribution in [0.3, 0.4) is 0 Å². The third-order valence-corrected chi connectivity index (χ3v) is 7.46. The van der Waals surface area contributed by atoms with Crippen molar-refractivity contribution in [1.82, 2.24) is 0 Å². The minimum Gasteiger partial charge on any atom is -0.478 e. The summed E-state index contributed by atoms with van der Waals surface area (Å²) < 4.78 is 29.3. The minimum atomic E-state index is -3.81. The molecule has 0 atom stereocenters. The molecule has 0 aliphatic carbocycles. The van der Waals surface area contributed by atoms with Gasteiger partial charge in [-0.2, -0.15) is 0 Å².